The van der Waals surface area contributed by atoms with Gasteiger partial charge in [0, 0.05) is 4.90 Å². The molecule has 0 aliphatic heterocycles. The Labute approximate surface area is 91.5 Å². The van der Waals surface area contributed by atoms with Crippen LogP contribution in [0.15, 0.2) is 29.2 Å². The van der Waals surface area contributed by atoms with Crippen LogP contribution in [-0.4, -0.2) is 15.8 Å². The third-order valence-corrected chi connectivity index (χ3v) is 4.22. The van der Waals surface area contributed by atoms with Gasteiger partial charge in [-0.3, -0.25) is 4.79 Å². The summed E-state index contributed by atoms with van der Waals surface area (Å²) in [5.74, 6) is -1.17. The fraction of sp³-hybridized carbons (Fsp3) is 0.364. The van der Waals surface area contributed by atoms with E-state index in [-0.39, 0.29) is 5.82 Å². The number of carboxylic acid groups (broad SMARTS) is 1. The zero-order valence-electron chi connectivity index (χ0n) is 8.07. The highest BCUT2D eigenvalue weighted by Gasteiger charge is 2.45. The molecular weight excluding hydrogens is 215 g/mol. The molecular formula is C11H11FO2S. The van der Waals surface area contributed by atoms with Gasteiger partial charge in [0.25, 0.3) is 0 Å². The molecule has 0 unspecified atom stereocenters. The normalized spacial score (nSPS) is 18.2. The predicted molar refractivity (Wildman–Crippen MR) is 56.5 cm³/mol. The van der Waals surface area contributed by atoms with E-state index in [4.69, 9.17) is 5.11 Å². The van der Waals surface area contributed by atoms with Crippen LogP contribution in [0.4, 0.5) is 4.39 Å². The summed E-state index contributed by atoms with van der Waals surface area (Å²) >= 11 is 1.14. The minimum absolute atomic E-state index is 0.338. The molecule has 0 heterocycles. The number of aliphatic carboxylic acids is 1. The van der Waals surface area contributed by atoms with E-state index in [2.05, 4.69) is 0 Å². The van der Waals surface area contributed by atoms with E-state index in [9.17, 15) is 9.18 Å². The summed E-state index contributed by atoms with van der Waals surface area (Å²) in [4.78, 5) is 11.5. The van der Waals surface area contributed by atoms with Gasteiger partial charge in [-0.1, -0.05) is 12.1 Å². The van der Waals surface area contributed by atoms with Crippen molar-refractivity contribution in [1.82, 2.24) is 0 Å². The summed E-state index contributed by atoms with van der Waals surface area (Å²) in [5, 5.41) is 9.09. The smallest absolute Gasteiger partial charge is 0.320 e. The van der Waals surface area contributed by atoms with Crippen molar-refractivity contribution in [2.75, 3.05) is 0 Å². The van der Waals surface area contributed by atoms with E-state index in [0.29, 0.717) is 17.7 Å². The molecule has 15 heavy (non-hydrogen) atoms. The first-order valence-corrected chi connectivity index (χ1v) is 5.63. The van der Waals surface area contributed by atoms with Crippen LogP contribution in [-0.2, 0) is 4.79 Å². The maximum atomic E-state index is 13.3. The van der Waals surface area contributed by atoms with E-state index >= 15 is 0 Å². The van der Waals surface area contributed by atoms with Crippen LogP contribution >= 0.6 is 11.8 Å². The van der Waals surface area contributed by atoms with Gasteiger partial charge in [0.1, 0.15) is 10.6 Å². The Balaban J connectivity index is 2.21. The molecule has 4 heteroatoms. The van der Waals surface area contributed by atoms with Gasteiger partial charge in [-0.25, -0.2) is 4.39 Å². The number of hydrogen-bond donors (Lipinski definition) is 1. The number of halogens is 1. The van der Waals surface area contributed by atoms with Crippen LogP contribution in [0.3, 0.4) is 0 Å². The molecule has 0 radical (unpaired) electrons. The van der Waals surface area contributed by atoms with Crippen LogP contribution in [0.25, 0.3) is 0 Å². The summed E-state index contributed by atoms with van der Waals surface area (Å²) in [7, 11) is 0. The fourth-order valence-corrected chi connectivity index (χ4v) is 2.91. The Morgan fingerprint density at radius 1 is 1.40 bits per heavy atom. The first-order chi connectivity index (χ1) is 7.14. The third-order valence-electron chi connectivity index (χ3n) is 2.69. The monoisotopic (exact) mass is 226 g/mol. The molecule has 2 nitrogen and oxygen atoms in total. The van der Waals surface area contributed by atoms with Crippen molar-refractivity contribution >= 4 is 17.7 Å². The average Bonchev–Trinajstić information content (AvgIpc) is 2.13. The number of rotatable bonds is 3. The average molecular weight is 226 g/mol. The Kier molecular flexibility index (Phi) is 2.69. The number of hydrogen-bond acceptors (Lipinski definition) is 2. The molecule has 1 aliphatic rings. The lowest BCUT2D eigenvalue weighted by Gasteiger charge is -2.36. The Hall–Kier alpha value is -1.03. The maximum Gasteiger partial charge on any atom is 0.320 e. The van der Waals surface area contributed by atoms with Gasteiger partial charge in [-0.15, -0.1) is 11.8 Å². The van der Waals surface area contributed by atoms with Gasteiger partial charge < -0.3 is 5.11 Å². The highest BCUT2D eigenvalue weighted by molar-refractivity contribution is 8.01. The van der Waals surface area contributed by atoms with Gasteiger partial charge in [0.05, 0.1) is 0 Å². The molecule has 80 valence electrons. The second-order valence-electron chi connectivity index (χ2n) is 3.69. The molecule has 0 saturated heterocycles. The summed E-state index contributed by atoms with van der Waals surface area (Å²) in [6, 6.07) is 6.31. The molecule has 1 saturated carbocycles. The number of thioether (sulfide) groups is 1. The summed E-state index contributed by atoms with van der Waals surface area (Å²) in [6.07, 6.45) is 2.16. The quantitative estimate of drug-likeness (QED) is 0.861. The SMILES string of the molecule is O=C(O)C1(Sc2ccccc2F)CCC1. The van der Waals surface area contributed by atoms with Crippen LogP contribution < -0.4 is 0 Å². The first kappa shape index (κ1) is 10.5. The lowest BCUT2D eigenvalue weighted by molar-refractivity contribution is -0.142. The first-order valence-electron chi connectivity index (χ1n) is 4.81. The zero-order valence-corrected chi connectivity index (χ0v) is 8.89. The van der Waals surface area contributed by atoms with E-state index in [1.54, 1.807) is 18.2 Å². The van der Waals surface area contributed by atoms with Crippen molar-refractivity contribution in [3.05, 3.63) is 30.1 Å². The maximum absolute atomic E-state index is 13.3. The molecule has 0 amide bonds. The summed E-state index contributed by atoms with van der Waals surface area (Å²) in [6.45, 7) is 0. The molecule has 0 spiro atoms. The number of benzene rings is 1. The van der Waals surface area contributed by atoms with Gasteiger partial charge in [0.15, 0.2) is 0 Å². The van der Waals surface area contributed by atoms with Crippen molar-refractivity contribution in [2.45, 2.75) is 28.9 Å². The zero-order chi connectivity index (χ0) is 10.9. The minimum atomic E-state index is -0.831. The van der Waals surface area contributed by atoms with Gasteiger partial charge in [-0.05, 0) is 31.4 Å². The van der Waals surface area contributed by atoms with Crippen LogP contribution in [0, 0.1) is 5.82 Å². The van der Waals surface area contributed by atoms with Crippen molar-refractivity contribution in [3.63, 3.8) is 0 Å². The van der Waals surface area contributed by atoms with Crippen molar-refractivity contribution in [3.8, 4) is 0 Å². The van der Waals surface area contributed by atoms with E-state index < -0.39 is 10.7 Å². The molecule has 1 aromatic rings. The van der Waals surface area contributed by atoms with Gasteiger partial charge in [0.2, 0.25) is 0 Å². The molecule has 1 fully saturated rings. The van der Waals surface area contributed by atoms with Crippen molar-refractivity contribution in [1.29, 1.82) is 0 Å². The fourth-order valence-electron chi connectivity index (χ4n) is 1.60. The molecule has 1 aromatic carbocycles. The lowest BCUT2D eigenvalue weighted by Crippen LogP contribution is -2.41. The largest absolute Gasteiger partial charge is 0.480 e. The topological polar surface area (TPSA) is 37.3 Å². The predicted octanol–water partition coefficient (Wildman–Crippen LogP) is 2.93. The van der Waals surface area contributed by atoms with Crippen LogP contribution in [0.2, 0.25) is 0 Å². The van der Waals surface area contributed by atoms with E-state index in [1.807, 2.05) is 0 Å². The van der Waals surface area contributed by atoms with Crippen molar-refractivity contribution in [2.24, 2.45) is 0 Å². The second kappa shape index (κ2) is 3.85. The molecule has 0 bridgehead atoms. The van der Waals surface area contributed by atoms with Gasteiger partial charge in [-0.2, -0.15) is 0 Å². The Morgan fingerprint density at radius 2 is 2.07 bits per heavy atom. The standard InChI is InChI=1S/C11H11FO2S/c12-8-4-1-2-5-9(8)15-11(10(13)14)6-3-7-11/h1-2,4-5H,3,6-7H2,(H,13,14). The molecule has 0 atom stereocenters. The highest BCUT2D eigenvalue weighted by atomic mass is 32.2. The second-order valence-corrected chi connectivity index (χ2v) is 5.11. The Morgan fingerprint density at radius 3 is 2.53 bits per heavy atom. The summed E-state index contributed by atoms with van der Waals surface area (Å²) < 4.78 is 12.5. The molecule has 1 N–H and O–H groups in total. The third kappa shape index (κ3) is 1.86. The van der Waals surface area contributed by atoms with Crippen molar-refractivity contribution < 1.29 is 14.3 Å². The summed E-state index contributed by atoms with van der Waals surface area (Å²) in [5.41, 5.74) is 0. The molecule has 2 rings (SSSR count). The van der Waals surface area contributed by atoms with Crippen LogP contribution in [0.5, 0.6) is 0 Å². The minimum Gasteiger partial charge on any atom is -0.480 e. The van der Waals surface area contributed by atoms with Gasteiger partial charge >= 0.3 is 5.97 Å². The van der Waals surface area contributed by atoms with Crippen LogP contribution in [0.1, 0.15) is 19.3 Å². The molecule has 0 aromatic heterocycles. The number of carbonyl (C=O) groups is 1. The highest BCUT2D eigenvalue weighted by Crippen LogP contribution is 2.48. The number of carboxylic acids is 1. The molecule has 1 aliphatic carbocycles. The Bertz CT molecular complexity index is 388. The lowest BCUT2D eigenvalue weighted by atomic mass is 9.84. The van der Waals surface area contributed by atoms with E-state index in [0.717, 1.165) is 18.2 Å². The van der Waals surface area contributed by atoms with E-state index in [1.165, 1.54) is 6.07 Å².